The van der Waals surface area contributed by atoms with Gasteiger partial charge in [0.25, 0.3) is 10.0 Å². The number of anilines is 2. The normalized spacial score (nSPS) is 15.1. The molecule has 1 amide bonds. The van der Waals surface area contributed by atoms with Crippen LogP contribution in [-0.2, 0) is 14.8 Å². The minimum Gasteiger partial charge on any atom is -0.406 e. The predicted molar refractivity (Wildman–Crippen MR) is 92.0 cm³/mol. The summed E-state index contributed by atoms with van der Waals surface area (Å²) in [5.74, 6) is -0.550. The molecule has 0 unspecified atom stereocenters. The lowest BCUT2D eigenvalue weighted by atomic mass is 10.2. The molecular formula is C17H15F3N2O4S. The van der Waals surface area contributed by atoms with Gasteiger partial charge in [0.05, 0.1) is 10.6 Å². The van der Waals surface area contributed by atoms with Gasteiger partial charge in [0.15, 0.2) is 0 Å². The molecule has 1 heterocycles. The molecule has 0 spiro atoms. The topological polar surface area (TPSA) is 75.7 Å². The molecule has 1 N–H and O–H groups in total. The molecule has 0 radical (unpaired) electrons. The molecular weight excluding hydrogens is 385 g/mol. The molecule has 1 saturated heterocycles. The average Bonchev–Trinajstić information content (AvgIpc) is 3.00. The highest BCUT2D eigenvalue weighted by Crippen LogP contribution is 2.27. The number of sulfonamides is 1. The lowest BCUT2D eigenvalue weighted by molar-refractivity contribution is -0.274. The molecule has 0 atom stereocenters. The number of ether oxygens (including phenoxy) is 1. The Morgan fingerprint density at radius 3 is 2.37 bits per heavy atom. The molecule has 0 aliphatic carbocycles. The highest BCUT2D eigenvalue weighted by Gasteiger charge is 2.31. The Kier molecular flexibility index (Phi) is 5.01. The molecule has 1 aliphatic rings. The van der Waals surface area contributed by atoms with Crippen molar-refractivity contribution in [2.45, 2.75) is 24.1 Å². The number of nitrogens with zero attached hydrogens (tertiary/aromatic N) is 1. The molecule has 3 rings (SSSR count). The zero-order valence-electron chi connectivity index (χ0n) is 13.9. The second-order valence-electron chi connectivity index (χ2n) is 5.82. The number of nitrogens with one attached hydrogen (secondary N) is 1. The van der Waals surface area contributed by atoms with Crippen LogP contribution in [0.15, 0.2) is 53.4 Å². The van der Waals surface area contributed by atoms with Crippen molar-refractivity contribution < 1.29 is 31.1 Å². The zero-order valence-corrected chi connectivity index (χ0v) is 14.7. The van der Waals surface area contributed by atoms with Crippen molar-refractivity contribution in [3.63, 3.8) is 0 Å². The van der Waals surface area contributed by atoms with Crippen LogP contribution >= 0.6 is 0 Å². The fourth-order valence-corrected chi connectivity index (χ4v) is 3.74. The van der Waals surface area contributed by atoms with Crippen molar-refractivity contribution in [3.05, 3.63) is 48.5 Å². The number of hydrogen-bond acceptors (Lipinski definition) is 4. The van der Waals surface area contributed by atoms with E-state index in [-0.39, 0.29) is 16.5 Å². The summed E-state index contributed by atoms with van der Waals surface area (Å²) in [5.41, 5.74) is 0.814. The van der Waals surface area contributed by atoms with Crippen molar-refractivity contribution in [1.29, 1.82) is 0 Å². The third-order valence-corrected chi connectivity index (χ3v) is 5.25. The molecule has 10 heteroatoms. The maximum Gasteiger partial charge on any atom is 0.573 e. The van der Waals surface area contributed by atoms with E-state index in [1.165, 1.54) is 12.1 Å². The summed E-state index contributed by atoms with van der Waals surface area (Å²) in [6.07, 6.45) is -3.67. The van der Waals surface area contributed by atoms with Crippen molar-refractivity contribution >= 4 is 27.3 Å². The molecule has 0 bridgehead atoms. The van der Waals surface area contributed by atoms with E-state index in [0.29, 0.717) is 18.7 Å². The highest BCUT2D eigenvalue weighted by atomic mass is 32.2. The standard InChI is InChI=1S/C17H15F3N2O4S/c18-17(19,20)26-14-6-8-15(9-7-14)27(24,25)21-12-3-1-4-13(11-12)22-10-2-5-16(22)23/h1,3-4,6-9,11,21H,2,5,10H2. The number of carbonyl (C=O) groups is 1. The summed E-state index contributed by atoms with van der Waals surface area (Å²) in [6.45, 7) is 0.565. The maximum atomic E-state index is 12.4. The summed E-state index contributed by atoms with van der Waals surface area (Å²) in [4.78, 5) is 13.2. The van der Waals surface area contributed by atoms with E-state index in [1.807, 2.05) is 0 Å². The first-order chi connectivity index (χ1) is 12.6. The molecule has 1 fully saturated rings. The Hall–Kier alpha value is -2.75. The fraction of sp³-hybridized carbons (Fsp3) is 0.235. The van der Waals surface area contributed by atoms with Crippen molar-refractivity contribution in [3.8, 4) is 5.75 Å². The van der Waals surface area contributed by atoms with Crippen LogP contribution in [-0.4, -0.2) is 27.2 Å². The van der Waals surface area contributed by atoms with E-state index in [0.717, 1.165) is 30.7 Å². The lowest BCUT2D eigenvalue weighted by Gasteiger charge is -2.17. The van der Waals surface area contributed by atoms with Gasteiger partial charge in [-0.3, -0.25) is 9.52 Å². The van der Waals surface area contributed by atoms with Gasteiger partial charge in [0.2, 0.25) is 5.91 Å². The molecule has 1 aliphatic heterocycles. The third-order valence-electron chi connectivity index (χ3n) is 3.85. The maximum absolute atomic E-state index is 12.4. The van der Waals surface area contributed by atoms with Crippen LogP contribution < -0.4 is 14.4 Å². The smallest absolute Gasteiger partial charge is 0.406 e. The minimum atomic E-state index is -4.86. The Morgan fingerprint density at radius 1 is 1.07 bits per heavy atom. The van der Waals surface area contributed by atoms with Crippen LogP contribution in [0.3, 0.4) is 0 Å². The van der Waals surface area contributed by atoms with E-state index in [9.17, 15) is 26.4 Å². The molecule has 6 nitrogen and oxygen atoms in total. The largest absolute Gasteiger partial charge is 0.573 e. The van der Waals surface area contributed by atoms with E-state index in [2.05, 4.69) is 9.46 Å². The van der Waals surface area contributed by atoms with E-state index >= 15 is 0 Å². The number of rotatable bonds is 5. The predicted octanol–water partition coefficient (Wildman–Crippen LogP) is 3.51. The van der Waals surface area contributed by atoms with Gasteiger partial charge in [0.1, 0.15) is 5.75 Å². The van der Waals surface area contributed by atoms with Crippen molar-refractivity contribution in [2.24, 2.45) is 0 Å². The van der Waals surface area contributed by atoms with Gasteiger partial charge in [-0.05, 0) is 48.9 Å². The summed E-state index contributed by atoms with van der Waals surface area (Å²) in [6, 6.07) is 10.2. The van der Waals surface area contributed by atoms with E-state index < -0.39 is 22.1 Å². The number of alkyl halides is 3. The quantitative estimate of drug-likeness (QED) is 0.833. The van der Waals surface area contributed by atoms with Gasteiger partial charge < -0.3 is 9.64 Å². The van der Waals surface area contributed by atoms with Crippen LogP contribution in [0.25, 0.3) is 0 Å². The first-order valence-electron chi connectivity index (χ1n) is 7.93. The van der Waals surface area contributed by atoms with Crippen molar-refractivity contribution in [1.82, 2.24) is 0 Å². The second kappa shape index (κ2) is 7.10. The molecule has 0 saturated carbocycles. The van der Waals surface area contributed by atoms with Crippen LogP contribution in [0.4, 0.5) is 24.5 Å². The molecule has 144 valence electrons. The SMILES string of the molecule is O=C1CCCN1c1cccc(NS(=O)(=O)c2ccc(OC(F)(F)F)cc2)c1. The average molecular weight is 400 g/mol. The van der Waals surface area contributed by atoms with Gasteiger partial charge in [-0.15, -0.1) is 13.2 Å². The van der Waals surface area contributed by atoms with Gasteiger partial charge >= 0.3 is 6.36 Å². The Labute approximate surface area is 153 Å². The van der Waals surface area contributed by atoms with Crippen LogP contribution in [0, 0.1) is 0 Å². The first-order valence-corrected chi connectivity index (χ1v) is 9.41. The summed E-state index contributed by atoms with van der Waals surface area (Å²) < 4.78 is 67.5. The van der Waals surface area contributed by atoms with E-state index in [1.54, 1.807) is 17.0 Å². The number of amides is 1. The Balaban J connectivity index is 1.77. The number of halogens is 3. The molecule has 0 aromatic heterocycles. The highest BCUT2D eigenvalue weighted by molar-refractivity contribution is 7.92. The fourth-order valence-electron chi connectivity index (χ4n) is 2.69. The first kappa shape index (κ1) is 19.0. The number of carbonyl (C=O) groups excluding carboxylic acids is 1. The van der Waals surface area contributed by atoms with Gasteiger partial charge in [-0.25, -0.2) is 8.42 Å². The number of benzene rings is 2. The van der Waals surface area contributed by atoms with Gasteiger partial charge in [-0.2, -0.15) is 0 Å². The number of hydrogen-bond donors (Lipinski definition) is 1. The zero-order chi connectivity index (χ0) is 19.7. The second-order valence-corrected chi connectivity index (χ2v) is 7.51. The Bertz CT molecular complexity index is 943. The van der Waals surface area contributed by atoms with Crippen LogP contribution in [0.1, 0.15) is 12.8 Å². The van der Waals surface area contributed by atoms with Gasteiger partial charge in [-0.1, -0.05) is 6.07 Å². The molecule has 2 aromatic carbocycles. The van der Waals surface area contributed by atoms with E-state index in [4.69, 9.17) is 0 Å². The van der Waals surface area contributed by atoms with Crippen LogP contribution in [0.2, 0.25) is 0 Å². The van der Waals surface area contributed by atoms with Gasteiger partial charge in [0, 0.05) is 18.7 Å². The van der Waals surface area contributed by atoms with Crippen LogP contribution in [0.5, 0.6) is 5.75 Å². The third kappa shape index (κ3) is 4.70. The minimum absolute atomic E-state index is 0.0322. The lowest BCUT2D eigenvalue weighted by Crippen LogP contribution is -2.23. The summed E-state index contributed by atoms with van der Waals surface area (Å²) in [7, 11) is -4.02. The Morgan fingerprint density at radius 2 is 1.78 bits per heavy atom. The molecule has 2 aromatic rings. The molecule has 27 heavy (non-hydrogen) atoms. The monoisotopic (exact) mass is 400 g/mol. The van der Waals surface area contributed by atoms with Crippen molar-refractivity contribution in [2.75, 3.05) is 16.2 Å². The summed E-state index contributed by atoms with van der Waals surface area (Å²) in [5, 5.41) is 0. The summed E-state index contributed by atoms with van der Waals surface area (Å²) >= 11 is 0.